The quantitative estimate of drug-likeness (QED) is 0.826. The predicted octanol–water partition coefficient (Wildman–Crippen LogP) is 1.91. The Labute approximate surface area is 112 Å². The maximum absolute atomic E-state index is 11.9. The van der Waals surface area contributed by atoms with Gasteiger partial charge in [-0.2, -0.15) is 0 Å². The van der Waals surface area contributed by atoms with Gasteiger partial charge in [0.15, 0.2) is 11.5 Å². The van der Waals surface area contributed by atoms with Crippen molar-refractivity contribution in [2.75, 3.05) is 20.8 Å². The Balaban J connectivity index is 2.09. The van der Waals surface area contributed by atoms with Crippen LogP contribution in [0.25, 0.3) is 0 Å². The number of rotatable bonds is 5. The van der Waals surface area contributed by atoms with Crippen molar-refractivity contribution in [1.29, 1.82) is 0 Å². The molecule has 5 heteroatoms. The number of aromatic hydroxyl groups is 1. The van der Waals surface area contributed by atoms with Gasteiger partial charge in [-0.1, -0.05) is 6.07 Å². The molecule has 0 aromatic heterocycles. The number of amides is 1. The molecule has 19 heavy (non-hydrogen) atoms. The number of phenols is 1. The summed E-state index contributed by atoms with van der Waals surface area (Å²) in [4.78, 5) is 16.8. The standard InChI is InChI=1S/C14H19NO4/c1-4-19-13-7-9(5-6-12(13)16)10-8-11(10)14(17)15(2)18-3/h5-7,10-11,16H,4,8H2,1-3H3. The molecule has 0 aliphatic heterocycles. The van der Waals surface area contributed by atoms with E-state index in [1.54, 1.807) is 13.1 Å². The molecule has 2 atom stereocenters. The number of ether oxygens (including phenoxy) is 1. The van der Waals surface area contributed by atoms with E-state index in [9.17, 15) is 9.90 Å². The molecule has 1 saturated carbocycles. The second-order valence-electron chi connectivity index (χ2n) is 4.63. The molecule has 5 nitrogen and oxygen atoms in total. The Morgan fingerprint density at radius 1 is 1.53 bits per heavy atom. The van der Waals surface area contributed by atoms with Crippen LogP contribution in [0.15, 0.2) is 18.2 Å². The fraction of sp³-hybridized carbons (Fsp3) is 0.500. The SMILES string of the molecule is CCOc1cc(C2CC2C(=O)N(C)OC)ccc1O. The average Bonchev–Trinajstić information content (AvgIpc) is 3.20. The molecule has 2 unspecified atom stereocenters. The highest BCUT2D eigenvalue weighted by Gasteiger charge is 2.45. The first-order valence-electron chi connectivity index (χ1n) is 6.35. The first-order valence-corrected chi connectivity index (χ1v) is 6.35. The van der Waals surface area contributed by atoms with E-state index in [1.165, 1.54) is 12.2 Å². The van der Waals surface area contributed by atoms with E-state index < -0.39 is 0 Å². The van der Waals surface area contributed by atoms with E-state index in [-0.39, 0.29) is 23.5 Å². The third-order valence-electron chi connectivity index (χ3n) is 3.40. The lowest BCUT2D eigenvalue weighted by molar-refractivity contribution is -0.170. The number of benzene rings is 1. The molecule has 0 saturated heterocycles. The zero-order chi connectivity index (χ0) is 14.0. The third kappa shape index (κ3) is 2.81. The maximum atomic E-state index is 11.9. The van der Waals surface area contributed by atoms with Gasteiger partial charge in [-0.15, -0.1) is 0 Å². The van der Waals surface area contributed by atoms with E-state index in [2.05, 4.69) is 0 Å². The van der Waals surface area contributed by atoms with Gasteiger partial charge in [0.1, 0.15) is 0 Å². The van der Waals surface area contributed by atoms with Crippen LogP contribution in [0.4, 0.5) is 0 Å². The minimum absolute atomic E-state index is 0.0152. The highest BCUT2D eigenvalue weighted by molar-refractivity contribution is 5.82. The van der Waals surface area contributed by atoms with E-state index in [4.69, 9.17) is 9.57 Å². The molecule has 1 aromatic rings. The minimum Gasteiger partial charge on any atom is -0.504 e. The van der Waals surface area contributed by atoms with Crippen LogP contribution >= 0.6 is 0 Å². The summed E-state index contributed by atoms with van der Waals surface area (Å²) in [5.74, 6) is 0.730. The Hall–Kier alpha value is -1.75. The molecule has 1 aliphatic carbocycles. The fourth-order valence-corrected chi connectivity index (χ4v) is 2.19. The van der Waals surface area contributed by atoms with Gasteiger partial charge in [0.05, 0.1) is 13.7 Å². The van der Waals surface area contributed by atoms with Crippen LogP contribution in [0.3, 0.4) is 0 Å². The summed E-state index contributed by atoms with van der Waals surface area (Å²) in [5, 5.41) is 10.9. The number of carbonyl (C=O) groups excluding carboxylic acids is 1. The Morgan fingerprint density at radius 3 is 2.89 bits per heavy atom. The van der Waals surface area contributed by atoms with Crippen molar-refractivity contribution < 1.29 is 19.5 Å². The largest absolute Gasteiger partial charge is 0.504 e. The van der Waals surface area contributed by atoms with Crippen molar-refractivity contribution in [2.45, 2.75) is 19.3 Å². The summed E-state index contributed by atoms with van der Waals surface area (Å²) in [7, 11) is 3.09. The number of phenolic OH excluding ortho intramolecular Hbond substituents is 1. The molecular formula is C14H19NO4. The Bertz CT molecular complexity index is 475. The van der Waals surface area contributed by atoms with Gasteiger partial charge in [0.2, 0.25) is 5.91 Å². The summed E-state index contributed by atoms with van der Waals surface area (Å²) in [6.45, 7) is 2.36. The highest BCUT2D eigenvalue weighted by atomic mass is 16.7. The highest BCUT2D eigenvalue weighted by Crippen LogP contribution is 2.49. The molecule has 1 aromatic carbocycles. The second-order valence-corrected chi connectivity index (χ2v) is 4.63. The van der Waals surface area contributed by atoms with Gasteiger partial charge in [-0.3, -0.25) is 9.63 Å². The van der Waals surface area contributed by atoms with Crippen molar-refractivity contribution in [3.05, 3.63) is 23.8 Å². The first-order chi connectivity index (χ1) is 9.08. The Morgan fingerprint density at radius 2 is 2.26 bits per heavy atom. The number of hydroxylamine groups is 2. The first kappa shape index (κ1) is 13.7. The normalized spacial score (nSPS) is 21.0. The Kier molecular flexibility index (Phi) is 3.95. The summed E-state index contributed by atoms with van der Waals surface area (Å²) >= 11 is 0. The van der Waals surface area contributed by atoms with Gasteiger partial charge in [0, 0.05) is 13.0 Å². The molecule has 0 spiro atoms. The molecule has 2 rings (SSSR count). The minimum atomic E-state index is -0.0380. The monoisotopic (exact) mass is 265 g/mol. The number of carbonyl (C=O) groups is 1. The summed E-state index contributed by atoms with van der Waals surface area (Å²) in [6.07, 6.45) is 0.808. The smallest absolute Gasteiger partial charge is 0.249 e. The van der Waals surface area contributed by atoms with Crippen molar-refractivity contribution >= 4 is 5.91 Å². The van der Waals surface area contributed by atoms with Crippen LogP contribution in [0.2, 0.25) is 0 Å². The van der Waals surface area contributed by atoms with E-state index in [0.29, 0.717) is 12.4 Å². The molecule has 0 radical (unpaired) electrons. The van der Waals surface area contributed by atoms with Gasteiger partial charge >= 0.3 is 0 Å². The topological polar surface area (TPSA) is 59.0 Å². The number of nitrogens with zero attached hydrogens (tertiary/aromatic N) is 1. The molecular weight excluding hydrogens is 246 g/mol. The lowest BCUT2D eigenvalue weighted by Gasteiger charge is -2.13. The molecule has 104 valence electrons. The molecule has 1 N–H and O–H groups in total. The lowest BCUT2D eigenvalue weighted by atomic mass is 10.1. The van der Waals surface area contributed by atoms with Crippen LogP contribution in [0.1, 0.15) is 24.8 Å². The van der Waals surface area contributed by atoms with E-state index in [0.717, 1.165) is 12.0 Å². The fourth-order valence-electron chi connectivity index (χ4n) is 2.19. The lowest BCUT2D eigenvalue weighted by Crippen LogP contribution is -2.27. The van der Waals surface area contributed by atoms with Crippen LogP contribution in [-0.2, 0) is 9.63 Å². The molecule has 1 aliphatic rings. The second kappa shape index (κ2) is 5.48. The van der Waals surface area contributed by atoms with Crippen LogP contribution in [-0.4, -0.2) is 36.8 Å². The van der Waals surface area contributed by atoms with Gasteiger partial charge in [-0.25, -0.2) is 5.06 Å². The van der Waals surface area contributed by atoms with Crippen molar-refractivity contribution in [3.8, 4) is 11.5 Å². The summed E-state index contributed by atoms with van der Waals surface area (Å²) < 4.78 is 5.35. The predicted molar refractivity (Wildman–Crippen MR) is 69.9 cm³/mol. The zero-order valence-electron chi connectivity index (χ0n) is 11.4. The van der Waals surface area contributed by atoms with E-state index in [1.807, 2.05) is 19.1 Å². The van der Waals surface area contributed by atoms with Crippen LogP contribution in [0, 0.1) is 5.92 Å². The van der Waals surface area contributed by atoms with E-state index >= 15 is 0 Å². The molecule has 1 fully saturated rings. The molecule has 0 heterocycles. The van der Waals surface area contributed by atoms with Crippen LogP contribution in [0.5, 0.6) is 11.5 Å². The molecule has 1 amide bonds. The average molecular weight is 265 g/mol. The van der Waals surface area contributed by atoms with Gasteiger partial charge in [0.25, 0.3) is 0 Å². The van der Waals surface area contributed by atoms with Crippen molar-refractivity contribution in [3.63, 3.8) is 0 Å². The van der Waals surface area contributed by atoms with Crippen molar-refractivity contribution in [1.82, 2.24) is 5.06 Å². The third-order valence-corrected chi connectivity index (χ3v) is 3.40. The summed E-state index contributed by atoms with van der Waals surface area (Å²) in [6, 6.07) is 5.26. The summed E-state index contributed by atoms with van der Waals surface area (Å²) in [5.41, 5.74) is 1.02. The number of hydrogen-bond donors (Lipinski definition) is 1. The van der Waals surface area contributed by atoms with Crippen LogP contribution < -0.4 is 4.74 Å². The maximum Gasteiger partial charge on any atom is 0.249 e. The van der Waals surface area contributed by atoms with Gasteiger partial charge < -0.3 is 9.84 Å². The van der Waals surface area contributed by atoms with Crippen molar-refractivity contribution in [2.24, 2.45) is 5.92 Å². The number of hydrogen-bond acceptors (Lipinski definition) is 4. The van der Waals surface area contributed by atoms with Gasteiger partial charge in [-0.05, 0) is 37.0 Å². The zero-order valence-corrected chi connectivity index (χ0v) is 11.4. The molecule has 0 bridgehead atoms.